The fraction of sp³-hybridized carbons (Fsp3) is 0.500. The van der Waals surface area contributed by atoms with E-state index in [9.17, 15) is 4.79 Å². The van der Waals surface area contributed by atoms with Crippen molar-refractivity contribution in [3.63, 3.8) is 0 Å². The molecule has 0 bridgehead atoms. The van der Waals surface area contributed by atoms with Crippen LogP contribution in [0.5, 0.6) is 5.75 Å². The number of hydrogen-bond acceptors (Lipinski definition) is 4. The van der Waals surface area contributed by atoms with Crippen LogP contribution < -0.4 is 15.4 Å². The molecule has 0 aliphatic rings. The van der Waals surface area contributed by atoms with E-state index in [-0.39, 0.29) is 11.9 Å². The molecule has 1 atom stereocenters. The Morgan fingerprint density at radius 3 is 2.75 bits per heavy atom. The van der Waals surface area contributed by atoms with Crippen LogP contribution in [0.25, 0.3) is 0 Å². The zero-order valence-electron chi connectivity index (χ0n) is 12.0. The predicted molar refractivity (Wildman–Crippen MR) is 79.2 cm³/mol. The molecule has 0 radical (unpaired) electrons. The number of rotatable bonds is 8. The molecule has 112 valence electrons. The average molecular weight is 301 g/mol. The van der Waals surface area contributed by atoms with Crippen LogP contribution in [0.3, 0.4) is 0 Å². The molecule has 20 heavy (non-hydrogen) atoms. The summed E-state index contributed by atoms with van der Waals surface area (Å²) < 4.78 is 9.96. The van der Waals surface area contributed by atoms with Gasteiger partial charge in [-0.1, -0.05) is 17.7 Å². The molecule has 1 aromatic rings. The molecule has 0 fully saturated rings. The van der Waals surface area contributed by atoms with Gasteiger partial charge in [0.05, 0.1) is 24.8 Å². The average Bonchev–Trinajstić information content (AvgIpc) is 2.45. The summed E-state index contributed by atoms with van der Waals surface area (Å²) in [5.41, 5.74) is 0.993. The minimum atomic E-state index is -0.285. The number of ether oxygens (including phenoxy) is 2. The van der Waals surface area contributed by atoms with E-state index in [1.807, 2.05) is 25.1 Å². The largest absolute Gasteiger partial charge is 0.495 e. The van der Waals surface area contributed by atoms with E-state index in [0.29, 0.717) is 30.5 Å². The lowest BCUT2D eigenvalue weighted by atomic mass is 10.2. The fourth-order valence-electron chi connectivity index (χ4n) is 1.61. The summed E-state index contributed by atoms with van der Waals surface area (Å²) in [5, 5.41) is 6.47. The van der Waals surface area contributed by atoms with Crippen LogP contribution in [0.2, 0.25) is 5.02 Å². The summed E-state index contributed by atoms with van der Waals surface area (Å²) in [6.45, 7) is 3.39. The SMILES string of the molecule is COCCNC(=O)C(C)NCc1ccc(OC)c(Cl)c1. The minimum Gasteiger partial charge on any atom is -0.495 e. The number of methoxy groups -OCH3 is 2. The van der Waals surface area contributed by atoms with Crippen molar-refractivity contribution < 1.29 is 14.3 Å². The van der Waals surface area contributed by atoms with Gasteiger partial charge in [-0.2, -0.15) is 0 Å². The van der Waals surface area contributed by atoms with Gasteiger partial charge in [0.2, 0.25) is 5.91 Å². The van der Waals surface area contributed by atoms with E-state index >= 15 is 0 Å². The summed E-state index contributed by atoms with van der Waals surface area (Å²) in [7, 11) is 3.17. The van der Waals surface area contributed by atoms with Gasteiger partial charge < -0.3 is 20.1 Å². The second kappa shape index (κ2) is 8.79. The second-order valence-electron chi connectivity index (χ2n) is 4.36. The van der Waals surface area contributed by atoms with Gasteiger partial charge in [0.15, 0.2) is 0 Å². The highest BCUT2D eigenvalue weighted by Crippen LogP contribution is 2.24. The van der Waals surface area contributed by atoms with Crippen molar-refractivity contribution >= 4 is 17.5 Å². The number of amides is 1. The van der Waals surface area contributed by atoms with Crippen molar-refractivity contribution in [3.8, 4) is 5.75 Å². The van der Waals surface area contributed by atoms with E-state index in [0.717, 1.165) is 5.56 Å². The fourth-order valence-corrected chi connectivity index (χ4v) is 1.89. The first kappa shape index (κ1) is 16.8. The Hall–Kier alpha value is -1.30. The first-order valence-electron chi connectivity index (χ1n) is 6.41. The Morgan fingerprint density at radius 2 is 2.15 bits per heavy atom. The lowest BCUT2D eigenvalue weighted by molar-refractivity contribution is -0.122. The number of carbonyl (C=O) groups excluding carboxylic acids is 1. The third kappa shape index (κ3) is 5.36. The minimum absolute atomic E-state index is 0.0540. The Labute approximate surface area is 124 Å². The highest BCUT2D eigenvalue weighted by atomic mass is 35.5. The van der Waals surface area contributed by atoms with Gasteiger partial charge in [0.1, 0.15) is 5.75 Å². The smallest absolute Gasteiger partial charge is 0.236 e. The van der Waals surface area contributed by atoms with Crippen molar-refractivity contribution in [1.82, 2.24) is 10.6 Å². The van der Waals surface area contributed by atoms with E-state index in [4.69, 9.17) is 21.1 Å². The number of nitrogens with one attached hydrogen (secondary N) is 2. The summed E-state index contributed by atoms with van der Waals surface area (Å²) >= 11 is 6.05. The molecular weight excluding hydrogens is 280 g/mol. The van der Waals surface area contributed by atoms with Gasteiger partial charge in [0, 0.05) is 20.2 Å². The molecule has 5 nitrogen and oxygen atoms in total. The van der Waals surface area contributed by atoms with E-state index < -0.39 is 0 Å². The Kier molecular flexibility index (Phi) is 7.36. The first-order chi connectivity index (χ1) is 9.58. The molecule has 0 aliphatic carbocycles. The molecule has 0 aromatic heterocycles. The molecule has 1 rings (SSSR count). The highest BCUT2D eigenvalue weighted by Gasteiger charge is 2.11. The lowest BCUT2D eigenvalue weighted by Crippen LogP contribution is -2.42. The van der Waals surface area contributed by atoms with Gasteiger partial charge in [-0.25, -0.2) is 0 Å². The maximum atomic E-state index is 11.7. The normalized spacial score (nSPS) is 12.0. The van der Waals surface area contributed by atoms with Crippen LogP contribution in [-0.2, 0) is 16.1 Å². The maximum Gasteiger partial charge on any atom is 0.236 e. The molecule has 0 heterocycles. The highest BCUT2D eigenvalue weighted by molar-refractivity contribution is 6.32. The topological polar surface area (TPSA) is 59.6 Å². The molecule has 1 aromatic carbocycles. The van der Waals surface area contributed by atoms with Gasteiger partial charge in [-0.05, 0) is 24.6 Å². The molecule has 0 spiro atoms. The summed E-state index contributed by atoms with van der Waals surface area (Å²) in [6.07, 6.45) is 0. The molecule has 0 saturated carbocycles. The summed E-state index contributed by atoms with van der Waals surface area (Å²) in [6, 6.07) is 5.26. The van der Waals surface area contributed by atoms with E-state index in [2.05, 4.69) is 10.6 Å². The van der Waals surface area contributed by atoms with Crippen LogP contribution in [0.15, 0.2) is 18.2 Å². The summed E-state index contributed by atoms with van der Waals surface area (Å²) in [5.74, 6) is 0.586. The zero-order chi connectivity index (χ0) is 15.0. The predicted octanol–water partition coefficient (Wildman–Crippen LogP) is 1.59. The molecule has 1 amide bonds. The lowest BCUT2D eigenvalue weighted by Gasteiger charge is -2.14. The van der Waals surface area contributed by atoms with Crippen LogP contribution in [0.4, 0.5) is 0 Å². The van der Waals surface area contributed by atoms with Crippen molar-refractivity contribution in [1.29, 1.82) is 0 Å². The quantitative estimate of drug-likeness (QED) is 0.716. The van der Waals surface area contributed by atoms with Gasteiger partial charge in [-0.15, -0.1) is 0 Å². The van der Waals surface area contributed by atoms with Crippen molar-refractivity contribution in [2.45, 2.75) is 19.5 Å². The van der Waals surface area contributed by atoms with Crippen LogP contribution >= 0.6 is 11.6 Å². The van der Waals surface area contributed by atoms with Crippen LogP contribution in [-0.4, -0.2) is 39.3 Å². The Morgan fingerprint density at radius 1 is 1.40 bits per heavy atom. The van der Waals surface area contributed by atoms with Crippen molar-refractivity contribution in [2.24, 2.45) is 0 Å². The number of halogens is 1. The molecule has 6 heteroatoms. The third-order valence-electron chi connectivity index (χ3n) is 2.83. The molecular formula is C14H21ClN2O3. The zero-order valence-corrected chi connectivity index (χ0v) is 12.8. The summed E-state index contributed by atoms with van der Waals surface area (Å²) in [4.78, 5) is 11.7. The monoisotopic (exact) mass is 300 g/mol. The second-order valence-corrected chi connectivity index (χ2v) is 4.76. The van der Waals surface area contributed by atoms with Gasteiger partial charge in [0.25, 0.3) is 0 Å². The van der Waals surface area contributed by atoms with Crippen molar-refractivity contribution in [2.75, 3.05) is 27.4 Å². The molecule has 1 unspecified atom stereocenters. The maximum absolute atomic E-state index is 11.7. The first-order valence-corrected chi connectivity index (χ1v) is 6.78. The third-order valence-corrected chi connectivity index (χ3v) is 3.12. The van der Waals surface area contributed by atoms with Gasteiger partial charge in [-0.3, -0.25) is 4.79 Å². The van der Waals surface area contributed by atoms with Crippen LogP contribution in [0.1, 0.15) is 12.5 Å². The standard InChI is InChI=1S/C14H21ClN2O3/c1-10(14(18)16-6-7-19-2)17-9-11-4-5-13(20-3)12(15)8-11/h4-5,8,10,17H,6-7,9H2,1-3H3,(H,16,18). The molecule has 0 saturated heterocycles. The van der Waals surface area contributed by atoms with E-state index in [1.165, 1.54) is 0 Å². The molecule has 0 aliphatic heterocycles. The van der Waals surface area contributed by atoms with Gasteiger partial charge >= 0.3 is 0 Å². The number of benzene rings is 1. The Bertz CT molecular complexity index is 440. The Balaban J connectivity index is 2.42. The van der Waals surface area contributed by atoms with Crippen molar-refractivity contribution in [3.05, 3.63) is 28.8 Å². The van der Waals surface area contributed by atoms with Crippen LogP contribution in [0, 0.1) is 0 Å². The molecule has 2 N–H and O–H groups in total. The van der Waals surface area contributed by atoms with E-state index in [1.54, 1.807) is 14.2 Å². The number of carbonyl (C=O) groups is 1. The number of hydrogen-bond donors (Lipinski definition) is 2.